The molecule has 1 amide bonds. The molecule has 4 rings (SSSR count). The molecule has 0 spiro atoms. The lowest BCUT2D eigenvalue weighted by molar-refractivity contribution is 0.0734. The fourth-order valence-electron chi connectivity index (χ4n) is 4.06. The highest BCUT2D eigenvalue weighted by molar-refractivity contribution is 7.15. The summed E-state index contributed by atoms with van der Waals surface area (Å²) in [6.07, 6.45) is 13.6. The first-order valence-corrected chi connectivity index (χ1v) is 9.62. The van der Waals surface area contributed by atoms with Gasteiger partial charge in [0, 0.05) is 30.4 Å². The van der Waals surface area contributed by atoms with Crippen molar-refractivity contribution < 1.29 is 4.79 Å². The monoisotopic (exact) mass is 328 g/mol. The zero-order chi connectivity index (χ0) is 15.8. The van der Waals surface area contributed by atoms with Gasteiger partial charge in [0.1, 0.15) is 5.00 Å². The molecule has 2 aromatic rings. The Bertz CT molecular complexity index is 695. The molecule has 1 saturated carbocycles. The van der Waals surface area contributed by atoms with E-state index in [-0.39, 0.29) is 5.91 Å². The predicted octanol–water partition coefficient (Wildman–Crippen LogP) is 4.43. The van der Waals surface area contributed by atoms with Gasteiger partial charge in [-0.05, 0) is 56.2 Å². The molecule has 122 valence electrons. The van der Waals surface area contributed by atoms with E-state index in [1.807, 2.05) is 35.4 Å². The van der Waals surface area contributed by atoms with Crippen LogP contribution in [-0.2, 0) is 12.8 Å². The number of aromatic nitrogens is 1. The Morgan fingerprint density at radius 3 is 2.57 bits per heavy atom. The fraction of sp³-hybridized carbons (Fsp3) is 0.526. The third-order valence-corrected chi connectivity index (χ3v) is 6.70. The normalized spacial score (nSPS) is 18.1. The van der Waals surface area contributed by atoms with Crippen molar-refractivity contribution in [1.29, 1.82) is 0 Å². The molecule has 0 aliphatic heterocycles. The number of aryl methyl sites for hydroxylation is 1. The van der Waals surface area contributed by atoms with Crippen LogP contribution in [0.1, 0.15) is 59.3 Å². The quantitative estimate of drug-likeness (QED) is 0.818. The van der Waals surface area contributed by atoms with Gasteiger partial charge in [-0.1, -0.05) is 12.8 Å². The predicted molar refractivity (Wildman–Crippen MR) is 94.6 cm³/mol. The topological polar surface area (TPSA) is 25.2 Å². The molecular weight excluding hydrogens is 304 g/mol. The van der Waals surface area contributed by atoms with Crippen LogP contribution in [0, 0.1) is 0 Å². The lowest BCUT2D eigenvalue weighted by Gasteiger charge is -2.25. The number of nitrogens with zero attached hydrogens (tertiary/aromatic N) is 2. The van der Waals surface area contributed by atoms with Crippen LogP contribution in [0.5, 0.6) is 0 Å². The summed E-state index contributed by atoms with van der Waals surface area (Å²) in [4.78, 5) is 16.8. The minimum atomic E-state index is 0.236. The first kappa shape index (κ1) is 15.0. The number of hydrogen-bond acceptors (Lipinski definition) is 2. The van der Waals surface area contributed by atoms with Gasteiger partial charge < -0.3 is 9.47 Å². The molecule has 2 aliphatic carbocycles. The third-order valence-electron chi connectivity index (χ3n) is 5.40. The smallest absolute Gasteiger partial charge is 0.257 e. The lowest BCUT2D eigenvalue weighted by Crippen LogP contribution is -2.36. The molecule has 4 heteroatoms. The van der Waals surface area contributed by atoms with E-state index in [9.17, 15) is 4.79 Å². The van der Waals surface area contributed by atoms with Crippen molar-refractivity contribution in [3.05, 3.63) is 40.5 Å². The summed E-state index contributed by atoms with van der Waals surface area (Å²) in [5, 5.41) is 1.12. The first-order chi connectivity index (χ1) is 11.3. The summed E-state index contributed by atoms with van der Waals surface area (Å²) < 4.78 is 2.12. The molecular formula is C19H24N2OS. The summed E-state index contributed by atoms with van der Waals surface area (Å²) in [7, 11) is 2.00. The van der Waals surface area contributed by atoms with Gasteiger partial charge in [-0.25, -0.2) is 0 Å². The van der Waals surface area contributed by atoms with E-state index in [0.717, 1.165) is 36.2 Å². The van der Waals surface area contributed by atoms with E-state index < -0.39 is 0 Å². The van der Waals surface area contributed by atoms with E-state index in [0.29, 0.717) is 6.04 Å². The van der Waals surface area contributed by atoms with E-state index in [2.05, 4.69) is 17.0 Å². The van der Waals surface area contributed by atoms with E-state index in [1.165, 1.54) is 36.1 Å². The van der Waals surface area contributed by atoms with Crippen molar-refractivity contribution in [3.63, 3.8) is 0 Å². The first-order valence-electron chi connectivity index (χ1n) is 8.80. The third kappa shape index (κ3) is 2.63. The second kappa shape index (κ2) is 6.16. The van der Waals surface area contributed by atoms with Gasteiger partial charge in [-0.2, -0.15) is 0 Å². The minimum Gasteiger partial charge on any atom is -0.339 e. The van der Waals surface area contributed by atoms with Crippen LogP contribution in [0.15, 0.2) is 24.5 Å². The Morgan fingerprint density at radius 2 is 1.83 bits per heavy atom. The van der Waals surface area contributed by atoms with Crippen molar-refractivity contribution >= 4 is 17.2 Å². The number of carbonyl (C=O) groups is 1. The second-order valence-corrected chi connectivity index (χ2v) is 7.92. The average Bonchev–Trinajstić information content (AvgIpc) is 3.32. The number of thiophene rings is 1. The molecule has 3 nitrogen and oxygen atoms in total. The van der Waals surface area contributed by atoms with Gasteiger partial charge in [0.2, 0.25) is 0 Å². The number of hydrogen-bond donors (Lipinski definition) is 0. The number of fused-ring (bicyclic) bond motifs is 1. The molecule has 0 bridgehead atoms. The van der Waals surface area contributed by atoms with Gasteiger partial charge in [0.25, 0.3) is 5.91 Å². The fourth-order valence-corrected chi connectivity index (χ4v) is 5.40. The molecule has 0 unspecified atom stereocenters. The molecule has 0 radical (unpaired) electrons. The molecule has 0 aromatic carbocycles. The van der Waals surface area contributed by atoms with E-state index in [1.54, 1.807) is 0 Å². The highest BCUT2D eigenvalue weighted by Gasteiger charge is 2.31. The van der Waals surface area contributed by atoms with E-state index in [4.69, 9.17) is 0 Å². The van der Waals surface area contributed by atoms with Gasteiger partial charge in [0.05, 0.1) is 5.56 Å². The molecule has 0 N–H and O–H groups in total. The Balaban J connectivity index is 1.76. The van der Waals surface area contributed by atoms with Crippen molar-refractivity contribution in [1.82, 2.24) is 9.47 Å². The molecule has 2 heterocycles. The van der Waals surface area contributed by atoms with Crippen LogP contribution in [0.25, 0.3) is 5.00 Å². The van der Waals surface area contributed by atoms with Gasteiger partial charge in [0.15, 0.2) is 0 Å². The average molecular weight is 328 g/mol. The summed E-state index contributed by atoms with van der Waals surface area (Å²) in [5.41, 5.74) is 2.31. The van der Waals surface area contributed by atoms with Crippen LogP contribution in [0.3, 0.4) is 0 Å². The van der Waals surface area contributed by atoms with Gasteiger partial charge in [-0.3, -0.25) is 4.79 Å². The molecule has 1 fully saturated rings. The molecule has 0 saturated heterocycles. The van der Waals surface area contributed by atoms with Crippen molar-refractivity contribution in [2.24, 2.45) is 0 Å². The maximum Gasteiger partial charge on any atom is 0.257 e. The highest BCUT2D eigenvalue weighted by Crippen LogP contribution is 2.38. The van der Waals surface area contributed by atoms with Crippen LogP contribution in [-0.4, -0.2) is 28.5 Å². The van der Waals surface area contributed by atoms with Crippen LogP contribution in [0.4, 0.5) is 0 Å². The summed E-state index contributed by atoms with van der Waals surface area (Å²) in [6, 6.07) is 4.50. The zero-order valence-electron chi connectivity index (χ0n) is 13.8. The number of amides is 1. The maximum absolute atomic E-state index is 13.3. The van der Waals surface area contributed by atoms with Crippen LogP contribution in [0.2, 0.25) is 0 Å². The van der Waals surface area contributed by atoms with Crippen LogP contribution < -0.4 is 0 Å². The molecule has 2 aliphatic rings. The molecule has 23 heavy (non-hydrogen) atoms. The SMILES string of the molecule is CN(C(=O)c1c(-n2cccc2)sc2c1CCCC2)C1CCCC1. The second-order valence-electron chi connectivity index (χ2n) is 6.84. The highest BCUT2D eigenvalue weighted by atomic mass is 32.1. The summed E-state index contributed by atoms with van der Waals surface area (Å²) in [6.45, 7) is 0. The van der Waals surface area contributed by atoms with Gasteiger partial charge in [-0.15, -0.1) is 11.3 Å². The Labute approximate surface area is 141 Å². The molecule has 0 atom stereocenters. The van der Waals surface area contributed by atoms with Crippen molar-refractivity contribution in [2.45, 2.75) is 57.4 Å². The Hall–Kier alpha value is -1.55. The Kier molecular flexibility index (Phi) is 4.02. The summed E-state index contributed by atoms with van der Waals surface area (Å²) in [5.74, 6) is 0.236. The minimum absolute atomic E-state index is 0.236. The summed E-state index contributed by atoms with van der Waals surface area (Å²) >= 11 is 1.82. The molecule has 2 aromatic heterocycles. The zero-order valence-corrected chi connectivity index (χ0v) is 14.6. The van der Waals surface area contributed by atoms with Crippen LogP contribution >= 0.6 is 11.3 Å². The maximum atomic E-state index is 13.3. The standard InChI is InChI=1S/C19H24N2OS/c1-20(14-8-2-3-9-14)18(22)17-15-10-4-5-11-16(15)23-19(17)21-12-6-7-13-21/h6-7,12-14H,2-5,8-11H2,1H3. The van der Waals surface area contributed by atoms with Gasteiger partial charge >= 0.3 is 0 Å². The largest absolute Gasteiger partial charge is 0.339 e. The van der Waals surface area contributed by atoms with Crippen molar-refractivity contribution in [2.75, 3.05) is 7.05 Å². The Morgan fingerprint density at radius 1 is 1.13 bits per heavy atom. The van der Waals surface area contributed by atoms with Crippen molar-refractivity contribution in [3.8, 4) is 5.00 Å². The number of carbonyl (C=O) groups excluding carboxylic acids is 1. The van der Waals surface area contributed by atoms with E-state index >= 15 is 0 Å². The lowest BCUT2D eigenvalue weighted by atomic mass is 9.94. The number of rotatable bonds is 3.